The van der Waals surface area contributed by atoms with Crippen molar-refractivity contribution in [2.45, 2.75) is 12.8 Å². The van der Waals surface area contributed by atoms with E-state index in [1.807, 2.05) is 0 Å². The molecule has 0 aliphatic heterocycles. The molecule has 0 aliphatic carbocycles. The van der Waals surface area contributed by atoms with E-state index in [4.69, 9.17) is 0 Å². The van der Waals surface area contributed by atoms with Gasteiger partial charge in [-0.3, -0.25) is 4.79 Å². The maximum absolute atomic E-state index is 13.2. The van der Waals surface area contributed by atoms with Crippen molar-refractivity contribution in [2.24, 2.45) is 0 Å². The van der Waals surface area contributed by atoms with Gasteiger partial charge in [0, 0.05) is 6.42 Å². The number of ether oxygens (including phenoxy) is 1. The van der Waals surface area contributed by atoms with Gasteiger partial charge in [-0.15, -0.1) is 0 Å². The van der Waals surface area contributed by atoms with Crippen molar-refractivity contribution in [1.82, 2.24) is 5.32 Å². The lowest BCUT2D eigenvalue weighted by Gasteiger charge is -2.09. The molecule has 0 bridgehead atoms. The molecule has 6 heteroatoms. The number of amides is 1. The number of hydrogen-bond acceptors (Lipinski definition) is 4. The second-order valence-electron chi connectivity index (χ2n) is 3.94. The molecule has 0 saturated carbocycles. The lowest BCUT2D eigenvalue weighted by atomic mass is 10.1. The summed E-state index contributed by atoms with van der Waals surface area (Å²) in [5, 5.41) is 5.44. The van der Waals surface area contributed by atoms with E-state index in [0.717, 1.165) is 12.1 Å². The van der Waals surface area contributed by atoms with E-state index in [9.17, 15) is 14.0 Å². The highest BCUT2D eigenvalue weighted by Gasteiger charge is 2.14. The fourth-order valence-corrected chi connectivity index (χ4v) is 1.55. The van der Waals surface area contributed by atoms with Gasteiger partial charge in [0.05, 0.1) is 18.4 Å². The average molecular weight is 268 g/mol. The van der Waals surface area contributed by atoms with Crippen LogP contribution < -0.4 is 10.6 Å². The Kier molecular flexibility index (Phi) is 5.95. The first-order valence-electron chi connectivity index (χ1n) is 5.90. The second kappa shape index (κ2) is 7.48. The van der Waals surface area contributed by atoms with Gasteiger partial charge in [-0.1, -0.05) is 0 Å². The predicted molar refractivity (Wildman–Crippen MR) is 69.5 cm³/mol. The van der Waals surface area contributed by atoms with Crippen molar-refractivity contribution >= 4 is 17.6 Å². The standard InChI is InChI=1S/C13H17FN2O3/c1-15-7-3-4-12(17)16-11-8-9(14)5-6-10(11)13(18)19-2/h5-6,8,15H,3-4,7H2,1-2H3,(H,16,17). The number of nitrogens with one attached hydrogen (secondary N) is 2. The Hall–Kier alpha value is -1.95. The molecule has 0 spiro atoms. The molecule has 19 heavy (non-hydrogen) atoms. The highest BCUT2D eigenvalue weighted by Crippen LogP contribution is 2.18. The van der Waals surface area contributed by atoms with Crippen molar-refractivity contribution in [1.29, 1.82) is 0 Å². The maximum atomic E-state index is 13.2. The van der Waals surface area contributed by atoms with Crippen LogP contribution in [0.4, 0.5) is 10.1 Å². The Morgan fingerprint density at radius 1 is 1.37 bits per heavy atom. The summed E-state index contributed by atoms with van der Waals surface area (Å²) in [6.45, 7) is 0.709. The quantitative estimate of drug-likeness (QED) is 0.607. The van der Waals surface area contributed by atoms with E-state index in [1.54, 1.807) is 7.05 Å². The summed E-state index contributed by atoms with van der Waals surface area (Å²) in [6.07, 6.45) is 0.948. The second-order valence-corrected chi connectivity index (χ2v) is 3.94. The summed E-state index contributed by atoms with van der Waals surface area (Å²) in [5.41, 5.74) is 0.257. The number of halogens is 1. The number of hydrogen-bond donors (Lipinski definition) is 2. The zero-order valence-electron chi connectivity index (χ0n) is 11.0. The first-order valence-corrected chi connectivity index (χ1v) is 5.90. The van der Waals surface area contributed by atoms with Crippen LogP contribution in [0.15, 0.2) is 18.2 Å². The Morgan fingerprint density at radius 2 is 2.11 bits per heavy atom. The average Bonchev–Trinajstić information content (AvgIpc) is 2.38. The number of anilines is 1. The molecule has 0 saturated heterocycles. The molecular weight excluding hydrogens is 251 g/mol. The fraction of sp³-hybridized carbons (Fsp3) is 0.385. The minimum atomic E-state index is -0.620. The zero-order chi connectivity index (χ0) is 14.3. The van der Waals surface area contributed by atoms with E-state index in [1.165, 1.54) is 13.2 Å². The van der Waals surface area contributed by atoms with E-state index >= 15 is 0 Å². The molecule has 0 radical (unpaired) electrons. The Morgan fingerprint density at radius 3 is 2.74 bits per heavy atom. The van der Waals surface area contributed by atoms with E-state index < -0.39 is 11.8 Å². The first kappa shape index (κ1) is 15.1. The van der Waals surface area contributed by atoms with Crippen LogP contribution in [0, 0.1) is 5.82 Å². The number of methoxy groups -OCH3 is 1. The Labute approximate surface area is 111 Å². The SMILES string of the molecule is CNCCCC(=O)Nc1cc(F)ccc1C(=O)OC. The van der Waals surface area contributed by atoms with Crippen LogP contribution in [0.25, 0.3) is 0 Å². The van der Waals surface area contributed by atoms with Crippen LogP contribution in [0.2, 0.25) is 0 Å². The Balaban J connectivity index is 2.78. The normalized spacial score (nSPS) is 10.1. The number of carbonyl (C=O) groups excluding carboxylic acids is 2. The molecule has 1 aromatic rings. The van der Waals surface area contributed by atoms with Crippen molar-refractivity contribution in [2.75, 3.05) is 26.0 Å². The molecule has 5 nitrogen and oxygen atoms in total. The summed E-state index contributed by atoms with van der Waals surface area (Å²) in [5.74, 6) is -1.42. The summed E-state index contributed by atoms with van der Waals surface area (Å²) in [6, 6.07) is 3.52. The minimum absolute atomic E-state index is 0.126. The van der Waals surface area contributed by atoms with Crippen molar-refractivity contribution in [3.63, 3.8) is 0 Å². The summed E-state index contributed by atoms with van der Waals surface area (Å²) in [7, 11) is 3.02. The van der Waals surface area contributed by atoms with E-state index in [-0.39, 0.29) is 23.6 Å². The van der Waals surface area contributed by atoms with Crippen LogP contribution in [-0.4, -0.2) is 32.6 Å². The van der Waals surface area contributed by atoms with Gasteiger partial charge in [0.1, 0.15) is 5.82 Å². The minimum Gasteiger partial charge on any atom is -0.465 e. The molecule has 0 aliphatic rings. The summed E-state index contributed by atoms with van der Waals surface area (Å²) >= 11 is 0. The molecule has 2 N–H and O–H groups in total. The lowest BCUT2D eigenvalue weighted by Crippen LogP contribution is -2.17. The highest BCUT2D eigenvalue weighted by atomic mass is 19.1. The van der Waals surface area contributed by atoms with Gasteiger partial charge >= 0.3 is 5.97 Å². The largest absolute Gasteiger partial charge is 0.465 e. The third-order valence-electron chi connectivity index (χ3n) is 2.49. The topological polar surface area (TPSA) is 67.4 Å². The number of esters is 1. The van der Waals surface area contributed by atoms with Crippen molar-refractivity contribution in [3.8, 4) is 0 Å². The van der Waals surface area contributed by atoms with Crippen LogP contribution >= 0.6 is 0 Å². The third kappa shape index (κ3) is 4.67. The number of carbonyl (C=O) groups is 2. The Bertz CT molecular complexity index is 463. The number of benzene rings is 1. The fourth-order valence-electron chi connectivity index (χ4n) is 1.55. The predicted octanol–water partition coefficient (Wildman–Crippen LogP) is 1.55. The van der Waals surface area contributed by atoms with Crippen molar-refractivity contribution in [3.05, 3.63) is 29.6 Å². The van der Waals surface area contributed by atoms with Crippen LogP contribution in [0.3, 0.4) is 0 Å². The van der Waals surface area contributed by atoms with Crippen LogP contribution in [0.1, 0.15) is 23.2 Å². The van der Waals surface area contributed by atoms with Crippen molar-refractivity contribution < 1.29 is 18.7 Å². The third-order valence-corrected chi connectivity index (χ3v) is 2.49. The molecule has 0 fully saturated rings. The van der Waals surface area contributed by atoms with Crippen LogP contribution in [-0.2, 0) is 9.53 Å². The number of rotatable bonds is 6. The smallest absolute Gasteiger partial charge is 0.339 e. The molecule has 104 valence electrons. The lowest BCUT2D eigenvalue weighted by molar-refractivity contribution is -0.116. The monoisotopic (exact) mass is 268 g/mol. The summed E-state index contributed by atoms with van der Waals surface area (Å²) < 4.78 is 17.7. The van der Waals surface area contributed by atoms with Gasteiger partial charge in [0.25, 0.3) is 0 Å². The van der Waals surface area contributed by atoms with Gasteiger partial charge in [-0.2, -0.15) is 0 Å². The van der Waals surface area contributed by atoms with Gasteiger partial charge in [-0.05, 0) is 38.2 Å². The maximum Gasteiger partial charge on any atom is 0.339 e. The molecule has 0 aromatic heterocycles. The molecule has 0 unspecified atom stereocenters. The molecule has 0 heterocycles. The van der Waals surface area contributed by atoms with Crippen LogP contribution in [0.5, 0.6) is 0 Å². The molecule has 1 rings (SSSR count). The molecule has 1 aromatic carbocycles. The summed E-state index contributed by atoms with van der Waals surface area (Å²) in [4.78, 5) is 23.1. The molecule has 0 atom stereocenters. The first-order chi connectivity index (χ1) is 9.08. The van der Waals surface area contributed by atoms with Gasteiger partial charge in [-0.25, -0.2) is 9.18 Å². The van der Waals surface area contributed by atoms with Gasteiger partial charge in [0.15, 0.2) is 0 Å². The van der Waals surface area contributed by atoms with Gasteiger partial charge < -0.3 is 15.4 Å². The zero-order valence-corrected chi connectivity index (χ0v) is 11.0. The molecular formula is C13H17FN2O3. The van der Waals surface area contributed by atoms with E-state index in [2.05, 4.69) is 15.4 Å². The van der Waals surface area contributed by atoms with E-state index in [0.29, 0.717) is 13.0 Å². The highest BCUT2D eigenvalue weighted by molar-refractivity contribution is 6.01. The van der Waals surface area contributed by atoms with Gasteiger partial charge in [0.2, 0.25) is 5.91 Å². The molecule has 1 amide bonds.